The third-order valence-electron chi connectivity index (χ3n) is 5.15. The minimum Gasteiger partial charge on any atom is -0.444 e. The monoisotopic (exact) mass is 326 g/mol. The molecule has 134 valence electrons. The molecule has 2 heterocycles. The molecule has 2 fully saturated rings. The fourth-order valence-corrected chi connectivity index (χ4v) is 3.25. The van der Waals surface area contributed by atoms with Crippen LogP contribution in [-0.4, -0.2) is 55.5 Å². The maximum atomic E-state index is 12.1. The first kappa shape index (κ1) is 18.5. The number of nitrogens with one attached hydrogen (secondary N) is 1. The molecule has 2 aliphatic heterocycles. The first-order valence-electron chi connectivity index (χ1n) is 8.98. The van der Waals surface area contributed by atoms with Crippen LogP contribution in [0, 0.1) is 11.3 Å². The molecule has 0 saturated carbocycles. The molecule has 2 unspecified atom stereocenters. The van der Waals surface area contributed by atoms with E-state index in [1.165, 1.54) is 0 Å². The van der Waals surface area contributed by atoms with Crippen molar-refractivity contribution < 1.29 is 14.3 Å². The molecule has 5 heteroatoms. The van der Waals surface area contributed by atoms with Crippen LogP contribution in [0.4, 0.5) is 4.79 Å². The number of nitrogens with zero attached hydrogens (tertiary/aromatic N) is 1. The first-order valence-corrected chi connectivity index (χ1v) is 8.98. The Bertz CT molecular complexity index is 392. The van der Waals surface area contributed by atoms with Gasteiger partial charge in [-0.05, 0) is 58.3 Å². The Morgan fingerprint density at radius 3 is 2.57 bits per heavy atom. The van der Waals surface area contributed by atoms with Crippen LogP contribution in [0.15, 0.2) is 0 Å². The van der Waals surface area contributed by atoms with Gasteiger partial charge in [0.25, 0.3) is 0 Å². The van der Waals surface area contributed by atoms with E-state index in [4.69, 9.17) is 9.47 Å². The predicted molar refractivity (Wildman–Crippen MR) is 91.5 cm³/mol. The highest BCUT2D eigenvalue weighted by Gasteiger charge is 2.34. The van der Waals surface area contributed by atoms with Gasteiger partial charge in [-0.2, -0.15) is 0 Å². The summed E-state index contributed by atoms with van der Waals surface area (Å²) in [6.07, 6.45) is 3.03. The summed E-state index contributed by atoms with van der Waals surface area (Å²) in [5.74, 6) is 0.639. The van der Waals surface area contributed by atoms with Crippen molar-refractivity contribution in [2.75, 3.05) is 32.8 Å². The Balaban J connectivity index is 1.74. The summed E-state index contributed by atoms with van der Waals surface area (Å²) < 4.78 is 10.9. The van der Waals surface area contributed by atoms with Crippen molar-refractivity contribution in [2.45, 2.75) is 65.5 Å². The number of hydrogen-bond acceptors (Lipinski definition) is 4. The number of ether oxygens (including phenoxy) is 2. The highest BCUT2D eigenvalue weighted by atomic mass is 16.6. The van der Waals surface area contributed by atoms with Gasteiger partial charge in [-0.25, -0.2) is 4.79 Å². The molecule has 0 aliphatic carbocycles. The Labute approximate surface area is 141 Å². The topological polar surface area (TPSA) is 50.8 Å². The molecule has 23 heavy (non-hydrogen) atoms. The molecule has 0 radical (unpaired) electrons. The highest BCUT2D eigenvalue weighted by Crippen LogP contribution is 2.31. The fraction of sp³-hybridized carbons (Fsp3) is 0.944. The van der Waals surface area contributed by atoms with Gasteiger partial charge >= 0.3 is 6.09 Å². The quantitative estimate of drug-likeness (QED) is 0.863. The lowest BCUT2D eigenvalue weighted by Crippen LogP contribution is -2.48. The standard InChI is InChI=1S/C18H34N2O3/c1-14(15-6-11-22-12-15)19-13-18(5)7-9-20(10-8-18)16(21)23-17(2,3)4/h14-15,19H,6-13H2,1-5H3. The van der Waals surface area contributed by atoms with E-state index in [-0.39, 0.29) is 11.5 Å². The summed E-state index contributed by atoms with van der Waals surface area (Å²) in [6, 6.07) is 0.498. The van der Waals surface area contributed by atoms with Crippen LogP contribution in [0.3, 0.4) is 0 Å². The molecule has 0 bridgehead atoms. The van der Waals surface area contributed by atoms with E-state index in [2.05, 4.69) is 19.2 Å². The van der Waals surface area contributed by atoms with E-state index in [0.717, 1.165) is 52.1 Å². The van der Waals surface area contributed by atoms with Crippen LogP contribution in [0.1, 0.15) is 53.9 Å². The van der Waals surface area contributed by atoms with Crippen molar-refractivity contribution in [3.63, 3.8) is 0 Å². The van der Waals surface area contributed by atoms with Crippen molar-refractivity contribution in [3.05, 3.63) is 0 Å². The van der Waals surface area contributed by atoms with Crippen LogP contribution in [0.25, 0.3) is 0 Å². The van der Waals surface area contributed by atoms with Crippen molar-refractivity contribution in [2.24, 2.45) is 11.3 Å². The number of piperidine rings is 1. The van der Waals surface area contributed by atoms with Crippen molar-refractivity contribution in [3.8, 4) is 0 Å². The largest absolute Gasteiger partial charge is 0.444 e. The van der Waals surface area contributed by atoms with Gasteiger partial charge in [0, 0.05) is 32.3 Å². The maximum Gasteiger partial charge on any atom is 0.410 e. The Hall–Kier alpha value is -0.810. The lowest BCUT2D eigenvalue weighted by Gasteiger charge is -2.40. The van der Waals surface area contributed by atoms with E-state index in [0.29, 0.717) is 12.0 Å². The maximum absolute atomic E-state index is 12.1. The molecule has 5 nitrogen and oxygen atoms in total. The van der Waals surface area contributed by atoms with Crippen molar-refractivity contribution in [1.82, 2.24) is 10.2 Å². The van der Waals surface area contributed by atoms with Gasteiger partial charge in [0.1, 0.15) is 5.60 Å². The van der Waals surface area contributed by atoms with Gasteiger partial charge in [-0.3, -0.25) is 0 Å². The van der Waals surface area contributed by atoms with Crippen LogP contribution >= 0.6 is 0 Å². The van der Waals surface area contributed by atoms with Gasteiger partial charge in [0.15, 0.2) is 0 Å². The highest BCUT2D eigenvalue weighted by molar-refractivity contribution is 5.68. The van der Waals surface area contributed by atoms with Gasteiger partial charge in [0.2, 0.25) is 0 Å². The molecule has 0 aromatic rings. The SMILES string of the molecule is CC(NCC1(C)CCN(C(=O)OC(C)(C)C)CC1)C1CCOC1. The molecule has 2 atom stereocenters. The second-order valence-electron chi connectivity index (χ2n) is 8.57. The molecule has 2 aliphatic rings. The molecule has 0 aromatic heterocycles. The second-order valence-corrected chi connectivity index (χ2v) is 8.57. The number of hydrogen-bond donors (Lipinski definition) is 1. The molecule has 2 rings (SSSR count). The molecule has 0 aromatic carbocycles. The minimum absolute atomic E-state index is 0.177. The first-order chi connectivity index (χ1) is 10.7. The summed E-state index contributed by atoms with van der Waals surface area (Å²) in [5.41, 5.74) is -0.162. The predicted octanol–water partition coefficient (Wildman–Crippen LogP) is 3.04. The Kier molecular flexibility index (Phi) is 5.95. The van der Waals surface area contributed by atoms with E-state index in [1.807, 2.05) is 25.7 Å². The van der Waals surface area contributed by atoms with Crippen molar-refractivity contribution >= 4 is 6.09 Å². The third-order valence-corrected chi connectivity index (χ3v) is 5.15. The summed E-state index contributed by atoms with van der Waals surface area (Å²) in [5, 5.41) is 3.70. The van der Waals surface area contributed by atoms with Crippen LogP contribution in [-0.2, 0) is 9.47 Å². The van der Waals surface area contributed by atoms with E-state index in [9.17, 15) is 4.79 Å². The van der Waals surface area contributed by atoms with E-state index < -0.39 is 5.60 Å². The number of rotatable bonds is 4. The molecule has 0 spiro atoms. The average Bonchev–Trinajstić information content (AvgIpc) is 2.98. The minimum atomic E-state index is -0.418. The summed E-state index contributed by atoms with van der Waals surface area (Å²) in [6.45, 7) is 14.7. The molecule has 2 saturated heterocycles. The summed E-state index contributed by atoms with van der Waals surface area (Å²) >= 11 is 0. The lowest BCUT2D eigenvalue weighted by molar-refractivity contribution is 0.0115. The number of amides is 1. The molecular weight excluding hydrogens is 292 g/mol. The normalized spacial score (nSPS) is 26.1. The smallest absolute Gasteiger partial charge is 0.410 e. The number of carbonyl (C=O) groups excluding carboxylic acids is 1. The zero-order chi connectivity index (χ0) is 17.1. The number of carbonyl (C=O) groups is 1. The second kappa shape index (κ2) is 7.39. The number of likely N-dealkylation sites (tertiary alicyclic amines) is 1. The third kappa shape index (κ3) is 5.64. The van der Waals surface area contributed by atoms with Crippen LogP contribution in [0.2, 0.25) is 0 Å². The zero-order valence-electron chi connectivity index (χ0n) is 15.5. The van der Waals surface area contributed by atoms with Crippen LogP contribution in [0.5, 0.6) is 0 Å². The lowest BCUT2D eigenvalue weighted by atomic mass is 9.80. The fourth-order valence-electron chi connectivity index (χ4n) is 3.25. The zero-order valence-corrected chi connectivity index (χ0v) is 15.5. The summed E-state index contributed by atoms with van der Waals surface area (Å²) in [7, 11) is 0. The van der Waals surface area contributed by atoms with Gasteiger partial charge < -0.3 is 19.7 Å². The average molecular weight is 326 g/mol. The summed E-state index contributed by atoms with van der Waals surface area (Å²) in [4.78, 5) is 14.0. The van der Waals surface area contributed by atoms with E-state index in [1.54, 1.807) is 0 Å². The van der Waals surface area contributed by atoms with Gasteiger partial charge in [-0.1, -0.05) is 6.92 Å². The Morgan fingerprint density at radius 2 is 2.04 bits per heavy atom. The van der Waals surface area contributed by atoms with Gasteiger partial charge in [-0.15, -0.1) is 0 Å². The Morgan fingerprint density at radius 1 is 1.39 bits per heavy atom. The van der Waals surface area contributed by atoms with E-state index >= 15 is 0 Å². The van der Waals surface area contributed by atoms with Gasteiger partial charge in [0.05, 0.1) is 6.61 Å². The molecular formula is C18H34N2O3. The molecule has 1 N–H and O–H groups in total. The van der Waals surface area contributed by atoms with Crippen molar-refractivity contribution in [1.29, 1.82) is 0 Å². The molecule has 1 amide bonds. The van der Waals surface area contributed by atoms with Crippen LogP contribution < -0.4 is 5.32 Å².